The molecule has 3 aliphatic rings. The Morgan fingerprint density at radius 3 is 1.64 bits per heavy atom. The first-order valence-electron chi connectivity index (χ1n) is 32.6. The number of carbonyl (C=O) groups is 12. The molecule has 101 heavy (non-hydrogen) atoms. The second-order valence-corrected chi connectivity index (χ2v) is 26.4. The molecule has 1 aromatic heterocycles. The highest BCUT2D eigenvalue weighted by Gasteiger charge is 2.41. The summed E-state index contributed by atoms with van der Waals surface area (Å²) in [5.74, 6) is -12.8. The zero-order chi connectivity index (χ0) is 72.4. The van der Waals surface area contributed by atoms with E-state index in [1.807, 2.05) is 6.07 Å². The van der Waals surface area contributed by atoms with Crippen LogP contribution >= 0.6 is 23.5 Å². The number of benzene rings is 4. The number of ether oxygens (including phenoxy) is 1. The Morgan fingerprint density at radius 1 is 0.545 bits per heavy atom. The number of carboxylic acids is 2. The highest BCUT2D eigenvalue weighted by atomic mass is 32.2. The second kappa shape index (κ2) is 38.0. The maximum Gasteiger partial charge on any atom is 0.305 e. The summed E-state index contributed by atoms with van der Waals surface area (Å²) in [7, 11) is 0. The quantitative estimate of drug-likeness (QED) is 0.0764. The number of carbonyl (C=O) groups excluding carboxylic acids is 10. The van der Waals surface area contributed by atoms with Crippen LogP contribution in [0.1, 0.15) is 84.9 Å². The summed E-state index contributed by atoms with van der Waals surface area (Å²) in [6.45, 7) is 0.295. The van der Waals surface area contributed by atoms with Crippen molar-refractivity contribution in [3.05, 3.63) is 143 Å². The summed E-state index contributed by atoms with van der Waals surface area (Å²) in [4.78, 5) is 183. The fourth-order valence-electron chi connectivity index (χ4n) is 11.3. The number of fused-ring (bicyclic) bond motifs is 6. The van der Waals surface area contributed by atoms with Crippen LogP contribution in [0.3, 0.4) is 0 Å². The number of oxime groups is 1. The average Bonchev–Trinajstić information content (AvgIpc) is 1.76. The van der Waals surface area contributed by atoms with Gasteiger partial charge in [0.1, 0.15) is 84.4 Å². The third-order valence-electron chi connectivity index (χ3n) is 16.5. The maximum absolute atomic E-state index is 15.2. The fraction of sp³-hybridized carbons (Fsp3) is 0.412. The van der Waals surface area contributed by atoms with E-state index in [0.717, 1.165) is 22.9 Å². The summed E-state index contributed by atoms with van der Waals surface area (Å²) in [5.41, 5.74) is 8.93. The number of hydrogen-bond donors (Lipinski definition) is 14. The van der Waals surface area contributed by atoms with Crippen LogP contribution in [-0.2, 0) is 99.6 Å². The zero-order valence-electron chi connectivity index (χ0n) is 54.8. The fourth-order valence-corrected chi connectivity index (χ4v) is 13.3. The number of carboxylic acid groups (broad SMARTS) is 2. The predicted molar refractivity (Wildman–Crippen MR) is 367 cm³/mol. The van der Waals surface area contributed by atoms with Gasteiger partial charge in [-0.3, -0.25) is 57.5 Å². The molecule has 31 nitrogen and oxygen atoms in total. The lowest BCUT2D eigenvalue weighted by atomic mass is 10.0. The molecule has 10 amide bonds. The van der Waals surface area contributed by atoms with E-state index in [9.17, 15) is 68.4 Å². The largest absolute Gasteiger partial charge is 0.508 e. The Hall–Kier alpha value is -10.7. The molecule has 8 rings (SSSR count). The van der Waals surface area contributed by atoms with Gasteiger partial charge in [0, 0.05) is 67.1 Å². The van der Waals surface area contributed by atoms with Crippen LogP contribution in [0.5, 0.6) is 17.2 Å². The topological polar surface area (TPSA) is 471 Å². The van der Waals surface area contributed by atoms with Crippen molar-refractivity contribution in [1.82, 2.24) is 57.4 Å². The molecule has 0 aliphatic carbocycles. The van der Waals surface area contributed by atoms with Crippen LogP contribution in [0.15, 0.2) is 115 Å². The summed E-state index contributed by atoms with van der Waals surface area (Å²) < 4.78 is 6.28. The van der Waals surface area contributed by atoms with Crippen LogP contribution in [0.25, 0.3) is 0 Å². The van der Waals surface area contributed by atoms with Gasteiger partial charge in [-0.15, -0.1) is 0 Å². The number of aliphatic carboxylic acids is 2. The van der Waals surface area contributed by atoms with Crippen molar-refractivity contribution in [1.29, 1.82) is 0 Å². The van der Waals surface area contributed by atoms with E-state index >= 15 is 9.59 Å². The van der Waals surface area contributed by atoms with E-state index in [1.54, 1.807) is 42.5 Å². The Balaban J connectivity index is 1.20. The van der Waals surface area contributed by atoms with E-state index in [1.165, 1.54) is 72.8 Å². The first-order valence-corrected chi connectivity index (χ1v) is 34.9. The maximum atomic E-state index is 15.2. The predicted octanol–water partition coefficient (Wildman–Crippen LogP) is 0.531. The lowest BCUT2D eigenvalue weighted by Crippen LogP contribution is -2.61. The van der Waals surface area contributed by atoms with Crippen molar-refractivity contribution in [3.63, 3.8) is 0 Å². The molecule has 15 N–H and O–H groups in total. The molecular formula is C68H81N13O18S2. The average molecular weight is 1430 g/mol. The van der Waals surface area contributed by atoms with Gasteiger partial charge in [-0.05, 0) is 103 Å². The molecule has 4 heterocycles. The van der Waals surface area contributed by atoms with Crippen molar-refractivity contribution >= 4 is 101 Å². The molecule has 0 spiro atoms. The molecule has 3 aliphatic heterocycles. The zero-order valence-corrected chi connectivity index (χ0v) is 56.5. The number of hydrogen-bond acceptors (Lipinski definition) is 20. The highest BCUT2D eigenvalue weighted by molar-refractivity contribution is 7.98. The van der Waals surface area contributed by atoms with Gasteiger partial charge >= 0.3 is 11.9 Å². The SMILES string of the molecule is NC(=O)[C@@H]1CSCc2cc3cc(c2)OCCCCCCO/N=C/C(=O)NC(CC(=O)O)C(=O)N[C@@H](CSC3)C(=O)N[C@@H](Cc2ccc(O)cc2)C(=O)N2CCC[C@H]2C(=O)N[C@@H](CC(=O)O)C(=O)N[C@@H](Cc2ccccc2)C(=O)N[C@@H](Cc2ccc(O)cc2)C(=O)N[C@@H](Cc2cnc[nH]2)C(=O)N1. The van der Waals surface area contributed by atoms with E-state index in [-0.39, 0.29) is 92.8 Å². The number of thioether (sulfide) groups is 2. The smallest absolute Gasteiger partial charge is 0.305 e. The Labute approximate surface area is 588 Å². The van der Waals surface area contributed by atoms with E-state index in [4.69, 9.17) is 15.3 Å². The van der Waals surface area contributed by atoms with E-state index < -0.39 is 138 Å². The Morgan fingerprint density at radius 2 is 1.06 bits per heavy atom. The van der Waals surface area contributed by atoms with Gasteiger partial charge in [-0.2, -0.15) is 23.5 Å². The van der Waals surface area contributed by atoms with Gasteiger partial charge in [0.15, 0.2) is 0 Å². The Bertz CT molecular complexity index is 3760. The first kappa shape index (κ1) is 76.1. The minimum absolute atomic E-state index is 0.0337. The number of nitrogens with one attached hydrogen (secondary N) is 9. The number of nitrogens with zero attached hydrogens (tertiary/aromatic N) is 3. The van der Waals surface area contributed by atoms with Gasteiger partial charge < -0.3 is 88.2 Å². The summed E-state index contributed by atoms with van der Waals surface area (Å²) in [6, 6.07) is 10.6. The molecule has 4 bridgehead atoms. The molecule has 1 fully saturated rings. The lowest BCUT2D eigenvalue weighted by molar-refractivity contribution is -0.144. The highest BCUT2D eigenvalue weighted by Crippen LogP contribution is 2.27. The first-order chi connectivity index (χ1) is 48.5. The van der Waals surface area contributed by atoms with Crippen LogP contribution in [0.2, 0.25) is 0 Å². The number of aromatic amines is 1. The molecule has 5 aromatic rings. The number of phenols is 2. The van der Waals surface area contributed by atoms with Crippen LogP contribution < -0.4 is 53.0 Å². The molecule has 4 aromatic carbocycles. The summed E-state index contributed by atoms with van der Waals surface area (Å²) >= 11 is 2.34. The number of H-pyrrole nitrogens is 1. The standard InChI is InChI=1S/C68H81N13O18S2/c69-60(89)54-36-100-34-42-23-43-25-47(24-42)98-21-6-1-2-7-22-99-72-33-57(84)73-51(30-58(85)86)64(93)80-55(37-101-35-43)66(95)78-53(28-41-14-18-46(83)19-15-41)68(97)81-20-8-11-56(81)67(96)77-52(31-59(87)88)65(94)75-48(26-39-9-4-3-5-10-39)61(90)74-49(27-40-12-16-45(82)17-13-40)62(91)76-50(63(92)79-54)29-44-32-70-38-71-44/h3-5,9-10,12-19,23-25,32-33,38,48-56,82-83H,1-2,6-8,11,20-22,26-31,34-37H2,(H2,69,89)(H,70,71)(H,73,84)(H,74,90)(H,75,94)(H,76,91)(H,77,96)(H,78,95)(H,79,92)(H,80,93)(H,85,86)(H,87,88)/b72-33+/t48-,49-,50-,51?,52-,53-,54-,55-,56-/m0/s1. The number of imidazole rings is 1. The van der Waals surface area contributed by atoms with Crippen molar-refractivity contribution in [2.75, 3.05) is 31.3 Å². The van der Waals surface area contributed by atoms with Gasteiger partial charge in [0.25, 0.3) is 5.91 Å². The molecule has 1 saturated heterocycles. The molecule has 33 heteroatoms. The summed E-state index contributed by atoms with van der Waals surface area (Å²) in [5, 5.41) is 65.0. The number of primary amides is 1. The number of rotatable bonds is 13. The molecular weight excluding hydrogens is 1350 g/mol. The minimum Gasteiger partial charge on any atom is -0.508 e. The van der Waals surface area contributed by atoms with Crippen molar-refractivity contribution in [2.45, 2.75) is 143 Å². The molecule has 1 unspecified atom stereocenters. The number of amides is 10. The monoisotopic (exact) mass is 1430 g/mol. The number of phenolic OH excluding ortho intramolecular Hbond substituents is 2. The number of nitrogens with two attached hydrogens (primary N) is 1. The van der Waals surface area contributed by atoms with Gasteiger partial charge in [0.2, 0.25) is 53.2 Å². The van der Waals surface area contributed by atoms with Gasteiger partial charge in [-0.1, -0.05) is 65.8 Å². The molecule has 0 radical (unpaired) electrons. The van der Waals surface area contributed by atoms with Crippen molar-refractivity contribution in [2.24, 2.45) is 10.9 Å². The van der Waals surface area contributed by atoms with E-state index in [0.29, 0.717) is 64.9 Å². The van der Waals surface area contributed by atoms with Crippen LogP contribution in [-0.4, -0.2) is 198 Å². The van der Waals surface area contributed by atoms with Crippen LogP contribution in [0, 0.1) is 0 Å². The van der Waals surface area contributed by atoms with Gasteiger partial charge in [-0.25, -0.2) is 4.98 Å². The third kappa shape index (κ3) is 24.3. The lowest BCUT2D eigenvalue weighted by Gasteiger charge is -2.31. The second-order valence-electron chi connectivity index (χ2n) is 24.3. The molecule has 9 atom stereocenters. The Kier molecular flexibility index (Phi) is 28.6. The van der Waals surface area contributed by atoms with Gasteiger partial charge in [0.05, 0.1) is 25.8 Å². The van der Waals surface area contributed by atoms with Crippen molar-refractivity contribution in [3.8, 4) is 17.2 Å². The summed E-state index contributed by atoms with van der Waals surface area (Å²) in [6.07, 6.45) is 3.12. The van der Waals surface area contributed by atoms with Crippen molar-refractivity contribution < 1.29 is 87.5 Å². The van der Waals surface area contributed by atoms with Crippen LogP contribution in [0.4, 0.5) is 0 Å². The number of aromatic nitrogens is 2. The normalized spacial score (nSPS) is 23.7. The molecule has 538 valence electrons. The molecule has 0 saturated carbocycles. The minimum atomic E-state index is -1.93. The number of aromatic hydroxyl groups is 2. The van der Waals surface area contributed by atoms with E-state index in [2.05, 4.69) is 57.7 Å². The third-order valence-corrected chi connectivity index (χ3v) is 18.7.